The van der Waals surface area contributed by atoms with Crippen LogP contribution in [0.1, 0.15) is 5.76 Å². The Morgan fingerprint density at radius 2 is 2.05 bits per heavy atom. The number of thiocarbonyl (C=S) groups is 1. The minimum absolute atomic E-state index is 0.131. The number of hydrogen-bond acceptors (Lipinski definition) is 4. The number of nitrogens with zero attached hydrogens (tertiary/aromatic N) is 1. The lowest BCUT2D eigenvalue weighted by Crippen LogP contribution is -2.22. The zero-order valence-corrected chi connectivity index (χ0v) is 14.4. The first-order valence-electron chi connectivity index (χ1n) is 6.23. The molecule has 0 N–H and O–H groups in total. The lowest BCUT2D eigenvalue weighted by molar-refractivity contribution is -0.121. The van der Waals surface area contributed by atoms with Gasteiger partial charge in [0.2, 0.25) is 0 Å². The average Bonchev–Trinajstić information content (AvgIpc) is 3.04. The van der Waals surface area contributed by atoms with Gasteiger partial charge in [0.1, 0.15) is 15.8 Å². The Hall–Kier alpha value is -1.27. The van der Waals surface area contributed by atoms with E-state index in [1.807, 2.05) is 6.07 Å². The standard InChI is InChI=1S/C15H9Cl2NO2S2/c1-18-14(19)12(22-15(18)21)7-8-5-6-11(20-8)9-3-2-4-10(16)13(9)17/h2-7H,1H3/b12-7+. The normalized spacial score (nSPS) is 16.9. The molecule has 22 heavy (non-hydrogen) atoms. The number of amides is 1. The van der Waals surface area contributed by atoms with Gasteiger partial charge in [0, 0.05) is 18.7 Å². The highest BCUT2D eigenvalue weighted by Crippen LogP contribution is 2.36. The Balaban J connectivity index is 1.94. The maximum Gasteiger partial charge on any atom is 0.266 e. The zero-order valence-electron chi connectivity index (χ0n) is 11.3. The van der Waals surface area contributed by atoms with E-state index in [1.54, 1.807) is 37.4 Å². The Kier molecular flexibility index (Phi) is 4.32. The summed E-state index contributed by atoms with van der Waals surface area (Å²) < 4.78 is 6.27. The van der Waals surface area contributed by atoms with Crippen molar-refractivity contribution in [2.45, 2.75) is 0 Å². The van der Waals surface area contributed by atoms with Gasteiger partial charge in [-0.2, -0.15) is 0 Å². The van der Waals surface area contributed by atoms with E-state index in [9.17, 15) is 4.79 Å². The van der Waals surface area contributed by atoms with Gasteiger partial charge in [-0.05, 0) is 24.3 Å². The molecule has 0 aliphatic carbocycles. The van der Waals surface area contributed by atoms with E-state index in [2.05, 4.69) is 0 Å². The van der Waals surface area contributed by atoms with Gasteiger partial charge in [0.05, 0.1) is 15.0 Å². The van der Waals surface area contributed by atoms with Crippen LogP contribution in [0.3, 0.4) is 0 Å². The number of likely N-dealkylation sites (N-methyl/N-ethyl adjacent to an activating group) is 1. The van der Waals surface area contributed by atoms with Gasteiger partial charge in [0.15, 0.2) is 0 Å². The Morgan fingerprint density at radius 3 is 2.73 bits per heavy atom. The zero-order chi connectivity index (χ0) is 15.9. The van der Waals surface area contributed by atoms with Gasteiger partial charge in [-0.15, -0.1) is 0 Å². The van der Waals surface area contributed by atoms with Crippen molar-refractivity contribution in [3.8, 4) is 11.3 Å². The number of furan rings is 1. The molecule has 0 atom stereocenters. The summed E-state index contributed by atoms with van der Waals surface area (Å²) >= 11 is 18.5. The quantitative estimate of drug-likeness (QED) is 0.545. The van der Waals surface area contributed by atoms with Crippen molar-refractivity contribution in [2.75, 3.05) is 7.05 Å². The van der Waals surface area contributed by atoms with Gasteiger partial charge >= 0.3 is 0 Å². The molecule has 0 radical (unpaired) electrons. The highest BCUT2D eigenvalue weighted by molar-refractivity contribution is 8.26. The predicted octanol–water partition coefficient (Wildman–Crippen LogP) is 5.08. The number of rotatable bonds is 2. The summed E-state index contributed by atoms with van der Waals surface area (Å²) in [6, 6.07) is 8.89. The van der Waals surface area contributed by atoms with Crippen LogP contribution in [0.15, 0.2) is 39.7 Å². The molecular weight excluding hydrogens is 361 g/mol. The van der Waals surface area contributed by atoms with E-state index < -0.39 is 0 Å². The molecule has 3 rings (SSSR count). The van der Waals surface area contributed by atoms with Crippen LogP contribution in [-0.4, -0.2) is 22.2 Å². The van der Waals surface area contributed by atoms with E-state index >= 15 is 0 Å². The molecule has 1 saturated heterocycles. The van der Waals surface area contributed by atoms with Crippen LogP contribution in [0.5, 0.6) is 0 Å². The highest BCUT2D eigenvalue weighted by atomic mass is 35.5. The van der Waals surface area contributed by atoms with Crippen LogP contribution in [0.4, 0.5) is 0 Å². The van der Waals surface area contributed by atoms with E-state index in [1.165, 1.54) is 16.7 Å². The number of halogens is 2. The molecule has 0 saturated carbocycles. The fourth-order valence-corrected chi connectivity index (χ4v) is 3.50. The molecule has 7 heteroatoms. The molecule has 0 spiro atoms. The van der Waals surface area contributed by atoms with Crippen molar-refractivity contribution in [2.24, 2.45) is 0 Å². The molecule has 1 fully saturated rings. The lowest BCUT2D eigenvalue weighted by Gasteiger charge is -2.03. The predicted molar refractivity (Wildman–Crippen MR) is 95.1 cm³/mol. The number of carbonyl (C=O) groups is 1. The summed E-state index contributed by atoms with van der Waals surface area (Å²) in [6.45, 7) is 0. The number of hydrogen-bond donors (Lipinski definition) is 0. The first-order chi connectivity index (χ1) is 10.5. The van der Waals surface area contributed by atoms with Crippen LogP contribution in [-0.2, 0) is 4.79 Å². The van der Waals surface area contributed by atoms with Gasteiger partial charge in [-0.1, -0.05) is 53.2 Å². The van der Waals surface area contributed by atoms with E-state index in [4.69, 9.17) is 39.8 Å². The summed E-state index contributed by atoms with van der Waals surface area (Å²) in [5, 5.41) is 0.897. The second-order valence-corrected chi connectivity index (χ2v) is 7.01. The maximum absolute atomic E-state index is 12.0. The molecular formula is C15H9Cl2NO2S2. The van der Waals surface area contributed by atoms with E-state index in [-0.39, 0.29) is 5.91 Å². The van der Waals surface area contributed by atoms with Crippen LogP contribution in [0.25, 0.3) is 17.4 Å². The molecule has 1 amide bonds. The fraction of sp³-hybridized carbons (Fsp3) is 0.0667. The summed E-state index contributed by atoms with van der Waals surface area (Å²) in [7, 11) is 1.65. The molecule has 1 aromatic carbocycles. The van der Waals surface area contributed by atoms with Gasteiger partial charge in [-0.25, -0.2) is 0 Å². The topological polar surface area (TPSA) is 33.5 Å². The maximum atomic E-state index is 12.0. The third kappa shape index (κ3) is 2.82. The van der Waals surface area contributed by atoms with Crippen LogP contribution in [0, 0.1) is 0 Å². The number of thioether (sulfide) groups is 1. The summed E-state index contributed by atoms with van der Waals surface area (Å²) in [4.78, 5) is 13.9. The van der Waals surface area contributed by atoms with Gasteiger partial charge in [-0.3, -0.25) is 9.69 Å². The molecule has 2 heterocycles. The monoisotopic (exact) mass is 369 g/mol. The molecule has 1 aromatic heterocycles. The lowest BCUT2D eigenvalue weighted by atomic mass is 10.2. The Morgan fingerprint density at radius 1 is 1.27 bits per heavy atom. The molecule has 112 valence electrons. The Labute approximate surface area is 146 Å². The minimum atomic E-state index is -0.131. The van der Waals surface area contributed by atoms with Crippen LogP contribution in [0.2, 0.25) is 10.0 Å². The summed E-state index contributed by atoms with van der Waals surface area (Å²) in [6.07, 6.45) is 1.67. The third-order valence-electron chi connectivity index (χ3n) is 3.10. The second kappa shape index (κ2) is 6.08. The molecule has 0 unspecified atom stereocenters. The molecule has 0 bridgehead atoms. The van der Waals surface area contributed by atoms with E-state index in [0.717, 1.165) is 0 Å². The molecule has 2 aromatic rings. The average molecular weight is 370 g/mol. The Bertz CT molecular complexity index is 814. The third-order valence-corrected chi connectivity index (χ3v) is 5.41. The van der Waals surface area contributed by atoms with Crippen molar-refractivity contribution in [3.63, 3.8) is 0 Å². The molecule has 1 aliphatic heterocycles. The first kappa shape index (κ1) is 15.6. The second-order valence-electron chi connectivity index (χ2n) is 4.54. The first-order valence-corrected chi connectivity index (χ1v) is 8.21. The van der Waals surface area contributed by atoms with Crippen molar-refractivity contribution in [1.82, 2.24) is 4.90 Å². The van der Waals surface area contributed by atoms with Crippen molar-refractivity contribution < 1.29 is 9.21 Å². The number of carbonyl (C=O) groups excluding carboxylic acids is 1. The van der Waals surface area contributed by atoms with Crippen molar-refractivity contribution in [1.29, 1.82) is 0 Å². The summed E-state index contributed by atoms with van der Waals surface area (Å²) in [5.74, 6) is 1.01. The van der Waals surface area contributed by atoms with E-state index in [0.29, 0.717) is 36.4 Å². The fourth-order valence-electron chi connectivity index (χ4n) is 1.94. The van der Waals surface area contributed by atoms with Crippen LogP contribution >= 0.6 is 47.2 Å². The molecule has 1 aliphatic rings. The minimum Gasteiger partial charge on any atom is -0.457 e. The number of benzene rings is 1. The van der Waals surface area contributed by atoms with Crippen molar-refractivity contribution >= 4 is 63.5 Å². The van der Waals surface area contributed by atoms with Gasteiger partial charge in [0.25, 0.3) is 5.91 Å². The SMILES string of the molecule is CN1C(=O)/C(=C\c2ccc(-c3cccc(Cl)c3Cl)o2)SC1=S. The molecule has 3 nitrogen and oxygen atoms in total. The van der Waals surface area contributed by atoms with Gasteiger partial charge < -0.3 is 4.42 Å². The summed E-state index contributed by atoms with van der Waals surface area (Å²) in [5.41, 5.74) is 0.705. The largest absolute Gasteiger partial charge is 0.457 e. The van der Waals surface area contributed by atoms with Crippen molar-refractivity contribution in [3.05, 3.63) is 51.0 Å². The highest BCUT2D eigenvalue weighted by Gasteiger charge is 2.29. The smallest absolute Gasteiger partial charge is 0.266 e. The van der Waals surface area contributed by atoms with Crippen LogP contribution < -0.4 is 0 Å².